The van der Waals surface area contributed by atoms with E-state index in [1.165, 1.54) is 12.8 Å². The van der Waals surface area contributed by atoms with Gasteiger partial charge in [0.25, 0.3) is 5.91 Å². The van der Waals surface area contributed by atoms with Crippen LogP contribution in [0.1, 0.15) is 36.0 Å². The van der Waals surface area contributed by atoms with Crippen LogP contribution < -0.4 is 5.32 Å². The van der Waals surface area contributed by atoms with Gasteiger partial charge in [-0.15, -0.1) is 0 Å². The van der Waals surface area contributed by atoms with Gasteiger partial charge < -0.3 is 9.88 Å². The Labute approximate surface area is 107 Å². The smallest absolute Gasteiger partial charge is 0.253 e. The number of carbonyl (C=O) groups is 1. The van der Waals surface area contributed by atoms with Crippen LogP contribution >= 0.6 is 0 Å². The van der Waals surface area contributed by atoms with Crippen molar-refractivity contribution in [3.05, 3.63) is 36.0 Å². The first-order chi connectivity index (χ1) is 8.75. The van der Waals surface area contributed by atoms with Crippen LogP contribution in [0.5, 0.6) is 0 Å². The number of aromatic nitrogens is 1. The van der Waals surface area contributed by atoms with Crippen molar-refractivity contribution in [3.8, 4) is 0 Å². The lowest BCUT2D eigenvalue weighted by Gasteiger charge is -2.13. The number of aryl methyl sites for hydroxylation is 1. The van der Waals surface area contributed by atoms with Gasteiger partial charge in [0.2, 0.25) is 0 Å². The fourth-order valence-corrected chi connectivity index (χ4v) is 2.87. The zero-order valence-electron chi connectivity index (χ0n) is 10.6. The third-order valence-electron chi connectivity index (χ3n) is 3.83. The van der Waals surface area contributed by atoms with Gasteiger partial charge in [0.1, 0.15) is 0 Å². The molecule has 1 heterocycles. The average molecular weight is 242 g/mol. The van der Waals surface area contributed by atoms with Crippen molar-refractivity contribution >= 4 is 16.8 Å². The molecule has 1 fully saturated rings. The lowest BCUT2D eigenvalue weighted by Crippen LogP contribution is -2.32. The van der Waals surface area contributed by atoms with Gasteiger partial charge in [-0.1, -0.05) is 25.0 Å². The highest BCUT2D eigenvalue weighted by Crippen LogP contribution is 2.21. The van der Waals surface area contributed by atoms with Crippen LogP contribution in [-0.2, 0) is 7.05 Å². The zero-order valence-corrected chi connectivity index (χ0v) is 10.6. The molecule has 1 amide bonds. The highest BCUT2D eigenvalue weighted by atomic mass is 16.1. The Morgan fingerprint density at radius 1 is 1.28 bits per heavy atom. The van der Waals surface area contributed by atoms with Crippen molar-refractivity contribution in [1.29, 1.82) is 0 Å². The van der Waals surface area contributed by atoms with Crippen molar-refractivity contribution in [1.82, 2.24) is 9.88 Å². The molecule has 1 saturated carbocycles. The van der Waals surface area contributed by atoms with Crippen LogP contribution in [0.25, 0.3) is 10.9 Å². The second-order valence-corrected chi connectivity index (χ2v) is 5.12. The molecular formula is C15H18N2O. The molecule has 0 radical (unpaired) electrons. The van der Waals surface area contributed by atoms with Gasteiger partial charge in [-0.2, -0.15) is 0 Å². The molecule has 0 aliphatic heterocycles. The summed E-state index contributed by atoms with van der Waals surface area (Å²) in [6.07, 6.45) is 6.71. The van der Waals surface area contributed by atoms with Gasteiger partial charge in [0, 0.05) is 24.7 Å². The Hall–Kier alpha value is -1.77. The summed E-state index contributed by atoms with van der Waals surface area (Å²) in [5.41, 5.74) is 1.81. The molecule has 0 atom stereocenters. The van der Waals surface area contributed by atoms with Crippen molar-refractivity contribution < 1.29 is 4.79 Å². The van der Waals surface area contributed by atoms with Gasteiger partial charge in [-0.25, -0.2) is 0 Å². The highest BCUT2D eigenvalue weighted by Gasteiger charge is 2.19. The second kappa shape index (κ2) is 4.48. The Bertz CT molecular complexity index is 579. The van der Waals surface area contributed by atoms with E-state index in [9.17, 15) is 4.79 Å². The molecule has 18 heavy (non-hydrogen) atoms. The maximum atomic E-state index is 12.3. The van der Waals surface area contributed by atoms with E-state index in [4.69, 9.17) is 0 Å². The average Bonchev–Trinajstić information content (AvgIpc) is 2.99. The summed E-state index contributed by atoms with van der Waals surface area (Å²) in [6, 6.07) is 8.31. The minimum Gasteiger partial charge on any atom is -0.350 e. The largest absolute Gasteiger partial charge is 0.350 e. The van der Waals surface area contributed by atoms with Crippen molar-refractivity contribution in [2.75, 3.05) is 0 Å². The number of nitrogens with one attached hydrogen (secondary N) is 1. The zero-order chi connectivity index (χ0) is 12.5. The molecule has 0 spiro atoms. The van der Waals surface area contributed by atoms with E-state index in [-0.39, 0.29) is 5.91 Å². The molecule has 1 aliphatic rings. The molecule has 3 rings (SSSR count). The van der Waals surface area contributed by atoms with Crippen LogP contribution in [0.4, 0.5) is 0 Å². The number of hydrogen-bond acceptors (Lipinski definition) is 1. The summed E-state index contributed by atoms with van der Waals surface area (Å²) >= 11 is 0. The van der Waals surface area contributed by atoms with E-state index < -0.39 is 0 Å². The van der Waals surface area contributed by atoms with Crippen molar-refractivity contribution in [2.45, 2.75) is 31.7 Å². The maximum absolute atomic E-state index is 12.3. The number of hydrogen-bond donors (Lipinski definition) is 1. The number of carbonyl (C=O) groups excluding carboxylic acids is 1. The first-order valence-electron chi connectivity index (χ1n) is 6.60. The molecule has 1 aromatic heterocycles. The van der Waals surface area contributed by atoms with Gasteiger partial charge in [0.15, 0.2) is 0 Å². The number of fused-ring (bicyclic) bond motifs is 1. The maximum Gasteiger partial charge on any atom is 0.253 e. The summed E-state index contributed by atoms with van der Waals surface area (Å²) in [5, 5.41) is 4.27. The Kier molecular flexibility index (Phi) is 2.82. The normalized spacial score (nSPS) is 16.3. The van der Waals surface area contributed by atoms with E-state index in [1.54, 1.807) is 0 Å². The molecule has 0 bridgehead atoms. The van der Waals surface area contributed by atoms with Crippen LogP contribution in [0, 0.1) is 0 Å². The Balaban J connectivity index is 1.93. The topological polar surface area (TPSA) is 34.0 Å². The van der Waals surface area contributed by atoms with Crippen molar-refractivity contribution in [3.63, 3.8) is 0 Å². The summed E-state index contributed by atoms with van der Waals surface area (Å²) in [7, 11) is 1.98. The molecular weight excluding hydrogens is 224 g/mol. The highest BCUT2D eigenvalue weighted by molar-refractivity contribution is 6.06. The molecule has 3 nitrogen and oxygen atoms in total. The fourth-order valence-electron chi connectivity index (χ4n) is 2.87. The molecule has 1 aliphatic carbocycles. The lowest BCUT2D eigenvalue weighted by atomic mass is 10.1. The predicted octanol–water partition coefficient (Wildman–Crippen LogP) is 2.85. The van der Waals surface area contributed by atoms with Crippen molar-refractivity contribution in [2.24, 2.45) is 7.05 Å². The van der Waals surface area contributed by atoms with Crippen LogP contribution in [0.3, 0.4) is 0 Å². The first kappa shape index (κ1) is 11.3. The molecule has 0 saturated heterocycles. The van der Waals surface area contributed by atoms with Crippen LogP contribution in [-0.4, -0.2) is 16.5 Å². The first-order valence-corrected chi connectivity index (χ1v) is 6.60. The lowest BCUT2D eigenvalue weighted by molar-refractivity contribution is 0.0939. The molecule has 0 unspecified atom stereocenters. The minimum atomic E-state index is 0.0642. The summed E-state index contributed by atoms with van der Waals surface area (Å²) in [6.45, 7) is 0. The molecule has 1 N–H and O–H groups in total. The number of para-hydroxylation sites is 1. The predicted molar refractivity (Wildman–Crippen MR) is 72.6 cm³/mol. The van der Waals surface area contributed by atoms with E-state index >= 15 is 0 Å². The SMILES string of the molecule is Cn1ccc2cccc(C(=O)NC3CCCC3)c21. The number of rotatable bonds is 2. The minimum absolute atomic E-state index is 0.0642. The second-order valence-electron chi connectivity index (χ2n) is 5.12. The Morgan fingerprint density at radius 3 is 2.83 bits per heavy atom. The number of benzene rings is 1. The van der Waals surface area contributed by atoms with Crippen LogP contribution in [0.15, 0.2) is 30.5 Å². The Morgan fingerprint density at radius 2 is 2.06 bits per heavy atom. The van der Waals surface area contributed by atoms with E-state index in [2.05, 4.69) is 5.32 Å². The van der Waals surface area contributed by atoms with E-state index in [0.29, 0.717) is 6.04 Å². The summed E-state index contributed by atoms with van der Waals surface area (Å²) in [4.78, 5) is 12.3. The van der Waals surface area contributed by atoms with Crippen LogP contribution in [0.2, 0.25) is 0 Å². The molecule has 94 valence electrons. The fraction of sp³-hybridized carbons (Fsp3) is 0.400. The quantitative estimate of drug-likeness (QED) is 0.863. The summed E-state index contributed by atoms with van der Waals surface area (Å²) < 4.78 is 2.01. The van der Waals surface area contributed by atoms with Gasteiger partial charge in [-0.3, -0.25) is 4.79 Å². The standard InChI is InChI=1S/C15H18N2O/c1-17-10-9-11-5-4-8-13(14(11)17)15(18)16-12-6-2-3-7-12/h4-5,8-10,12H,2-3,6-7H2,1H3,(H,16,18). The van der Waals surface area contributed by atoms with Gasteiger partial charge in [0.05, 0.1) is 11.1 Å². The third-order valence-corrected chi connectivity index (χ3v) is 3.83. The van der Waals surface area contributed by atoms with Gasteiger partial charge in [-0.05, 0) is 25.0 Å². The molecule has 2 aromatic rings. The van der Waals surface area contributed by atoms with E-state index in [0.717, 1.165) is 29.3 Å². The molecule has 3 heteroatoms. The monoisotopic (exact) mass is 242 g/mol. The third kappa shape index (κ3) is 1.90. The number of nitrogens with zero attached hydrogens (tertiary/aromatic N) is 1. The summed E-state index contributed by atoms with van der Waals surface area (Å²) in [5.74, 6) is 0.0642. The van der Waals surface area contributed by atoms with E-state index in [1.807, 2.05) is 42.1 Å². The molecule has 1 aromatic carbocycles. The number of amides is 1. The van der Waals surface area contributed by atoms with Gasteiger partial charge >= 0.3 is 0 Å².